The monoisotopic (exact) mass is 153 g/mol. The van der Waals surface area contributed by atoms with Crippen LogP contribution in [-0.4, -0.2) is 23.4 Å². The summed E-state index contributed by atoms with van der Waals surface area (Å²) >= 11 is 0. The van der Waals surface area contributed by atoms with Gasteiger partial charge in [0.25, 0.3) is 0 Å². The molecule has 1 amide bonds. The van der Waals surface area contributed by atoms with E-state index in [4.69, 9.17) is 0 Å². The second-order valence-corrected chi connectivity index (χ2v) is 3.92. The second kappa shape index (κ2) is 2.50. The molecule has 0 radical (unpaired) electrons. The first kappa shape index (κ1) is 7.14. The Hall–Kier alpha value is -0.530. The minimum Gasteiger partial charge on any atom is -0.340 e. The number of likely N-dealkylation sites (tertiary alicyclic amines) is 1. The van der Waals surface area contributed by atoms with E-state index in [9.17, 15) is 4.79 Å². The molecular formula is C9H15NO. The van der Waals surface area contributed by atoms with Gasteiger partial charge in [-0.25, -0.2) is 0 Å². The van der Waals surface area contributed by atoms with Gasteiger partial charge in [-0.05, 0) is 25.2 Å². The maximum Gasteiger partial charge on any atom is 0.223 e. The van der Waals surface area contributed by atoms with Crippen LogP contribution in [0.2, 0.25) is 0 Å². The Balaban J connectivity index is 1.95. The molecule has 0 aromatic carbocycles. The van der Waals surface area contributed by atoms with E-state index in [1.54, 1.807) is 0 Å². The van der Waals surface area contributed by atoms with Gasteiger partial charge in [0.05, 0.1) is 0 Å². The fourth-order valence-corrected chi connectivity index (χ4v) is 1.77. The Kier molecular flexibility index (Phi) is 1.63. The molecule has 1 saturated heterocycles. The van der Waals surface area contributed by atoms with Crippen molar-refractivity contribution in [3.63, 3.8) is 0 Å². The summed E-state index contributed by atoms with van der Waals surface area (Å²) in [6, 6.07) is 0.634. The fraction of sp³-hybridized carbons (Fsp3) is 0.889. The van der Waals surface area contributed by atoms with Crippen LogP contribution in [0.4, 0.5) is 0 Å². The van der Waals surface area contributed by atoms with Crippen LogP contribution in [0.15, 0.2) is 0 Å². The van der Waals surface area contributed by atoms with Crippen LogP contribution in [0.25, 0.3) is 0 Å². The van der Waals surface area contributed by atoms with E-state index < -0.39 is 0 Å². The lowest BCUT2D eigenvalue weighted by Gasteiger charge is -2.30. The van der Waals surface area contributed by atoms with Crippen molar-refractivity contribution in [3.8, 4) is 0 Å². The zero-order chi connectivity index (χ0) is 7.84. The molecule has 0 aromatic rings. The summed E-state index contributed by atoms with van der Waals surface area (Å²) in [5.74, 6) is 1.02. The van der Waals surface area contributed by atoms with E-state index in [2.05, 4.69) is 11.8 Å². The van der Waals surface area contributed by atoms with Crippen molar-refractivity contribution in [2.45, 2.75) is 38.6 Å². The molecule has 1 aliphatic heterocycles. The lowest BCUT2D eigenvalue weighted by atomic mass is 9.98. The van der Waals surface area contributed by atoms with Gasteiger partial charge in [-0.1, -0.05) is 6.92 Å². The summed E-state index contributed by atoms with van der Waals surface area (Å²) in [6.07, 6.45) is 4.50. The van der Waals surface area contributed by atoms with Gasteiger partial charge in [-0.15, -0.1) is 0 Å². The van der Waals surface area contributed by atoms with Gasteiger partial charge in [0.15, 0.2) is 0 Å². The van der Waals surface area contributed by atoms with Crippen molar-refractivity contribution in [2.75, 3.05) is 6.54 Å². The summed E-state index contributed by atoms with van der Waals surface area (Å²) < 4.78 is 0. The summed E-state index contributed by atoms with van der Waals surface area (Å²) in [5, 5.41) is 0. The first-order valence-electron chi connectivity index (χ1n) is 4.57. The van der Waals surface area contributed by atoms with Crippen molar-refractivity contribution >= 4 is 5.91 Å². The molecule has 2 heteroatoms. The van der Waals surface area contributed by atoms with Crippen LogP contribution in [0.5, 0.6) is 0 Å². The normalized spacial score (nSPS) is 32.6. The van der Waals surface area contributed by atoms with Crippen molar-refractivity contribution in [1.82, 2.24) is 4.90 Å². The molecular weight excluding hydrogens is 138 g/mol. The topological polar surface area (TPSA) is 20.3 Å². The van der Waals surface area contributed by atoms with E-state index in [0.29, 0.717) is 17.9 Å². The standard InChI is InChI=1S/C9H15NO/c1-7-4-5-10(8-2-3-8)9(11)6-7/h7-8H,2-6H2,1H3. The molecule has 2 rings (SSSR count). The number of rotatable bonds is 1. The Morgan fingerprint density at radius 3 is 2.64 bits per heavy atom. The third-order valence-corrected chi connectivity index (χ3v) is 2.69. The molecule has 1 saturated carbocycles. The molecule has 62 valence electrons. The molecule has 1 heterocycles. The molecule has 1 aliphatic carbocycles. The van der Waals surface area contributed by atoms with E-state index in [1.165, 1.54) is 19.3 Å². The maximum absolute atomic E-state index is 11.4. The Labute approximate surface area is 67.6 Å². The molecule has 0 aromatic heterocycles. The lowest BCUT2D eigenvalue weighted by Crippen LogP contribution is -2.39. The van der Waals surface area contributed by atoms with Crippen LogP contribution in [0.1, 0.15) is 32.6 Å². The molecule has 0 spiro atoms. The van der Waals surface area contributed by atoms with Gasteiger partial charge in [0, 0.05) is 19.0 Å². The highest BCUT2D eigenvalue weighted by molar-refractivity contribution is 5.77. The molecule has 2 fully saturated rings. The number of piperidine rings is 1. The van der Waals surface area contributed by atoms with Crippen LogP contribution < -0.4 is 0 Å². The number of hydrogen-bond acceptors (Lipinski definition) is 1. The molecule has 0 bridgehead atoms. The van der Waals surface area contributed by atoms with E-state index in [0.717, 1.165) is 13.0 Å². The van der Waals surface area contributed by atoms with Crippen molar-refractivity contribution in [3.05, 3.63) is 0 Å². The molecule has 1 atom stereocenters. The molecule has 0 N–H and O–H groups in total. The predicted molar refractivity (Wildman–Crippen MR) is 43.1 cm³/mol. The molecule has 2 nitrogen and oxygen atoms in total. The van der Waals surface area contributed by atoms with E-state index in [1.807, 2.05) is 0 Å². The number of carbonyl (C=O) groups is 1. The Bertz CT molecular complexity index is 174. The zero-order valence-electron chi connectivity index (χ0n) is 7.05. The number of amides is 1. The quantitative estimate of drug-likeness (QED) is 0.557. The molecule has 11 heavy (non-hydrogen) atoms. The number of nitrogens with zero attached hydrogens (tertiary/aromatic N) is 1. The Morgan fingerprint density at radius 2 is 2.09 bits per heavy atom. The van der Waals surface area contributed by atoms with Crippen molar-refractivity contribution in [1.29, 1.82) is 0 Å². The van der Waals surface area contributed by atoms with Crippen LogP contribution in [0.3, 0.4) is 0 Å². The highest BCUT2D eigenvalue weighted by atomic mass is 16.2. The van der Waals surface area contributed by atoms with Crippen molar-refractivity contribution < 1.29 is 4.79 Å². The van der Waals surface area contributed by atoms with Gasteiger partial charge < -0.3 is 4.90 Å². The van der Waals surface area contributed by atoms with Gasteiger partial charge in [-0.3, -0.25) is 4.79 Å². The van der Waals surface area contributed by atoms with Crippen LogP contribution in [-0.2, 0) is 4.79 Å². The largest absolute Gasteiger partial charge is 0.340 e. The zero-order valence-corrected chi connectivity index (χ0v) is 7.05. The van der Waals surface area contributed by atoms with Gasteiger partial charge in [0.1, 0.15) is 0 Å². The smallest absolute Gasteiger partial charge is 0.223 e. The Morgan fingerprint density at radius 1 is 1.36 bits per heavy atom. The fourth-order valence-electron chi connectivity index (χ4n) is 1.77. The summed E-state index contributed by atoms with van der Waals surface area (Å²) in [6.45, 7) is 3.19. The van der Waals surface area contributed by atoms with Crippen LogP contribution >= 0.6 is 0 Å². The van der Waals surface area contributed by atoms with E-state index in [-0.39, 0.29) is 0 Å². The lowest BCUT2D eigenvalue weighted by molar-refractivity contribution is -0.135. The first-order chi connectivity index (χ1) is 5.27. The summed E-state index contributed by atoms with van der Waals surface area (Å²) in [5.41, 5.74) is 0. The highest BCUT2D eigenvalue weighted by Crippen LogP contribution is 2.31. The van der Waals surface area contributed by atoms with Gasteiger partial charge in [0.2, 0.25) is 5.91 Å². The summed E-state index contributed by atoms with van der Waals surface area (Å²) in [7, 11) is 0. The third kappa shape index (κ3) is 1.39. The predicted octanol–water partition coefficient (Wildman–Crippen LogP) is 1.41. The minimum atomic E-state index is 0.395. The molecule has 1 unspecified atom stereocenters. The number of hydrogen-bond donors (Lipinski definition) is 0. The van der Waals surface area contributed by atoms with Crippen molar-refractivity contribution in [2.24, 2.45) is 5.92 Å². The second-order valence-electron chi connectivity index (χ2n) is 3.92. The maximum atomic E-state index is 11.4. The van der Waals surface area contributed by atoms with Gasteiger partial charge in [-0.2, -0.15) is 0 Å². The minimum absolute atomic E-state index is 0.395. The van der Waals surface area contributed by atoms with Crippen LogP contribution in [0, 0.1) is 5.92 Å². The average molecular weight is 153 g/mol. The van der Waals surface area contributed by atoms with E-state index >= 15 is 0 Å². The SMILES string of the molecule is CC1CCN(C2CC2)C(=O)C1. The third-order valence-electron chi connectivity index (χ3n) is 2.69. The first-order valence-corrected chi connectivity index (χ1v) is 4.57. The highest BCUT2D eigenvalue weighted by Gasteiger charge is 2.34. The summed E-state index contributed by atoms with van der Waals surface area (Å²) in [4.78, 5) is 13.5. The molecule has 2 aliphatic rings. The van der Waals surface area contributed by atoms with Gasteiger partial charge >= 0.3 is 0 Å². The average Bonchev–Trinajstić information content (AvgIpc) is 2.70. The number of carbonyl (C=O) groups excluding carboxylic acids is 1.